The molecule has 0 aliphatic rings. The summed E-state index contributed by atoms with van der Waals surface area (Å²) in [5, 5.41) is 7.79. The average molecular weight is 283 g/mol. The quantitative estimate of drug-likeness (QED) is 0.819. The Kier molecular flexibility index (Phi) is 4.04. The summed E-state index contributed by atoms with van der Waals surface area (Å²) >= 11 is 11.7. The molecule has 2 rings (SSSR count). The summed E-state index contributed by atoms with van der Waals surface area (Å²) in [6.07, 6.45) is 0. The topological polar surface area (TPSA) is 35.0 Å². The molecule has 0 fully saturated rings. The Bertz CT molecular complexity index is 558. The van der Waals surface area contributed by atoms with E-state index in [0.717, 1.165) is 11.3 Å². The molecule has 0 N–H and O–H groups in total. The van der Waals surface area contributed by atoms with E-state index >= 15 is 0 Å². The van der Waals surface area contributed by atoms with Crippen molar-refractivity contribution in [2.24, 2.45) is 0 Å². The zero-order chi connectivity index (χ0) is 13.1. The summed E-state index contributed by atoms with van der Waals surface area (Å²) in [6, 6.07) is 9.34. The minimum atomic E-state index is 0.193. The van der Waals surface area contributed by atoms with Crippen LogP contribution < -0.4 is 4.74 Å². The third kappa shape index (κ3) is 2.92. The van der Waals surface area contributed by atoms with Gasteiger partial charge in [-0.15, -0.1) is 10.2 Å². The molecule has 94 valence electrons. The fourth-order valence-electron chi connectivity index (χ4n) is 1.58. The fourth-order valence-corrected chi connectivity index (χ4v) is 1.85. The molecule has 0 bridgehead atoms. The zero-order valence-corrected chi connectivity index (χ0v) is 11.5. The van der Waals surface area contributed by atoms with Gasteiger partial charge in [0, 0.05) is 6.07 Å². The molecule has 0 saturated heterocycles. The van der Waals surface area contributed by atoms with Crippen molar-refractivity contribution < 1.29 is 4.74 Å². The van der Waals surface area contributed by atoms with Crippen molar-refractivity contribution in [3.63, 3.8) is 0 Å². The number of nitrogens with zero attached hydrogens (tertiary/aromatic N) is 2. The predicted octanol–water partition coefficient (Wildman–Crippen LogP) is 4.70. The van der Waals surface area contributed by atoms with Crippen molar-refractivity contribution in [3.05, 3.63) is 46.2 Å². The van der Waals surface area contributed by atoms with E-state index in [9.17, 15) is 0 Å². The normalized spacial score (nSPS) is 10.7. The number of aromatic nitrogens is 2. The molecule has 0 saturated carbocycles. The SMILES string of the molecule is CC(C)c1ccccc1Oc1cc(Cl)nnc1Cl. The van der Waals surface area contributed by atoms with Gasteiger partial charge in [-0.05, 0) is 17.5 Å². The number of benzene rings is 1. The van der Waals surface area contributed by atoms with Crippen LogP contribution in [0.15, 0.2) is 30.3 Å². The lowest BCUT2D eigenvalue weighted by Gasteiger charge is -2.13. The Morgan fingerprint density at radius 3 is 2.50 bits per heavy atom. The highest BCUT2D eigenvalue weighted by Crippen LogP contribution is 2.33. The maximum absolute atomic E-state index is 5.92. The standard InChI is InChI=1S/C13H12Cl2N2O/c1-8(2)9-5-3-4-6-10(9)18-11-7-12(14)16-17-13(11)15/h3-8H,1-2H3. The summed E-state index contributed by atoms with van der Waals surface area (Å²) in [5.41, 5.74) is 1.10. The van der Waals surface area contributed by atoms with E-state index in [4.69, 9.17) is 27.9 Å². The van der Waals surface area contributed by atoms with Gasteiger partial charge in [0.2, 0.25) is 0 Å². The van der Waals surface area contributed by atoms with Gasteiger partial charge < -0.3 is 4.74 Å². The summed E-state index contributed by atoms with van der Waals surface area (Å²) in [7, 11) is 0. The van der Waals surface area contributed by atoms with Crippen LogP contribution in [0.1, 0.15) is 25.3 Å². The highest BCUT2D eigenvalue weighted by molar-refractivity contribution is 6.32. The number of hydrogen-bond acceptors (Lipinski definition) is 3. The lowest BCUT2D eigenvalue weighted by Crippen LogP contribution is -1.95. The Balaban J connectivity index is 2.37. The zero-order valence-electron chi connectivity index (χ0n) is 10.0. The fraction of sp³-hybridized carbons (Fsp3) is 0.231. The van der Waals surface area contributed by atoms with Crippen LogP contribution in [0.2, 0.25) is 10.3 Å². The minimum Gasteiger partial charge on any atom is -0.454 e. The molecule has 0 unspecified atom stereocenters. The molecule has 2 aromatic rings. The van der Waals surface area contributed by atoms with Gasteiger partial charge in [0.1, 0.15) is 5.75 Å². The van der Waals surface area contributed by atoms with Gasteiger partial charge in [-0.3, -0.25) is 0 Å². The molecule has 1 heterocycles. The molecule has 5 heteroatoms. The molecule has 0 aliphatic heterocycles. The van der Waals surface area contributed by atoms with Crippen LogP contribution in [0.4, 0.5) is 0 Å². The number of ether oxygens (including phenoxy) is 1. The molecular formula is C13H12Cl2N2O. The van der Waals surface area contributed by atoms with Crippen molar-refractivity contribution in [1.29, 1.82) is 0 Å². The third-order valence-electron chi connectivity index (χ3n) is 2.45. The molecule has 0 aliphatic carbocycles. The summed E-state index contributed by atoms with van der Waals surface area (Å²) in [6.45, 7) is 4.20. The van der Waals surface area contributed by atoms with Crippen LogP contribution in [0.25, 0.3) is 0 Å². The van der Waals surface area contributed by atoms with Crippen LogP contribution >= 0.6 is 23.2 Å². The Morgan fingerprint density at radius 1 is 1.06 bits per heavy atom. The molecule has 0 amide bonds. The van der Waals surface area contributed by atoms with Gasteiger partial charge in [-0.25, -0.2) is 0 Å². The van der Waals surface area contributed by atoms with Crippen molar-refractivity contribution in [1.82, 2.24) is 10.2 Å². The Labute approximate surface area is 116 Å². The van der Waals surface area contributed by atoms with Crippen LogP contribution in [0.5, 0.6) is 11.5 Å². The van der Waals surface area contributed by atoms with Crippen LogP contribution in [-0.4, -0.2) is 10.2 Å². The van der Waals surface area contributed by atoms with Gasteiger partial charge in [0.15, 0.2) is 16.1 Å². The Morgan fingerprint density at radius 2 is 1.78 bits per heavy atom. The van der Waals surface area contributed by atoms with E-state index in [-0.39, 0.29) is 10.3 Å². The van der Waals surface area contributed by atoms with Gasteiger partial charge in [-0.2, -0.15) is 0 Å². The maximum Gasteiger partial charge on any atom is 0.194 e. The number of rotatable bonds is 3. The van der Waals surface area contributed by atoms with E-state index in [2.05, 4.69) is 24.0 Å². The van der Waals surface area contributed by atoms with Crippen molar-refractivity contribution >= 4 is 23.2 Å². The third-order valence-corrected chi connectivity index (χ3v) is 2.89. The van der Waals surface area contributed by atoms with Crippen molar-refractivity contribution in [2.75, 3.05) is 0 Å². The molecule has 1 aromatic carbocycles. The second-order valence-corrected chi connectivity index (χ2v) is 4.86. The van der Waals surface area contributed by atoms with Crippen LogP contribution in [-0.2, 0) is 0 Å². The molecule has 1 aromatic heterocycles. The van der Waals surface area contributed by atoms with E-state index < -0.39 is 0 Å². The Hall–Kier alpha value is -1.32. The first kappa shape index (κ1) is 13.1. The second kappa shape index (κ2) is 5.55. The second-order valence-electron chi connectivity index (χ2n) is 4.12. The smallest absolute Gasteiger partial charge is 0.194 e. The first-order chi connectivity index (χ1) is 8.58. The first-order valence-electron chi connectivity index (χ1n) is 5.53. The molecule has 0 spiro atoms. The van der Waals surface area contributed by atoms with Gasteiger partial charge in [0.05, 0.1) is 0 Å². The van der Waals surface area contributed by atoms with E-state index in [1.165, 1.54) is 0 Å². The van der Waals surface area contributed by atoms with Gasteiger partial charge in [0.25, 0.3) is 0 Å². The molecule has 3 nitrogen and oxygen atoms in total. The molecule has 0 radical (unpaired) electrons. The van der Waals surface area contributed by atoms with Crippen molar-refractivity contribution in [3.8, 4) is 11.5 Å². The molecular weight excluding hydrogens is 271 g/mol. The molecule has 18 heavy (non-hydrogen) atoms. The predicted molar refractivity (Wildman–Crippen MR) is 72.7 cm³/mol. The van der Waals surface area contributed by atoms with Crippen LogP contribution in [0.3, 0.4) is 0 Å². The highest BCUT2D eigenvalue weighted by atomic mass is 35.5. The lowest BCUT2D eigenvalue weighted by atomic mass is 10.0. The van der Waals surface area contributed by atoms with Gasteiger partial charge >= 0.3 is 0 Å². The highest BCUT2D eigenvalue weighted by Gasteiger charge is 2.11. The number of hydrogen-bond donors (Lipinski definition) is 0. The van der Waals surface area contributed by atoms with E-state index in [1.807, 2.05) is 24.3 Å². The van der Waals surface area contributed by atoms with E-state index in [0.29, 0.717) is 11.7 Å². The first-order valence-corrected chi connectivity index (χ1v) is 6.29. The van der Waals surface area contributed by atoms with E-state index in [1.54, 1.807) is 6.07 Å². The van der Waals surface area contributed by atoms with Crippen molar-refractivity contribution in [2.45, 2.75) is 19.8 Å². The monoisotopic (exact) mass is 282 g/mol. The summed E-state index contributed by atoms with van der Waals surface area (Å²) in [4.78, 5) is 0. The summed E-state index contributed by atoms with van der Waals surface area (Å²) < 4.78 is 5.76. The summed E-state index contributed by atoms with van der Waals surface area (Å²) in [5.74, 6) is 1.51. The molecule has 0 atom stereocenters. The number of halogens is 2. The van der Waals surface area contributed by atoms with Crippen LogP contribution in [0, 0.1) is 0 Å². The largest absolute Gasteiger partial charge is 0.454 e. The maximum atomic E-state index is 5.92. The van der Waals surface area contributed by atoms with Gasteiger partial charge in [-0.1, -0.05) is 55.2 Å². The lowest BCUT2D eigenvalue weighted by molar-refractivity contribution is 0.469. The average Bonchev–Trinajstić information content (AvgIpc) is 2.34. The number of para-hydroxylation sites is 1. The minimum absolute atomic E-state index is 0.193.